The van der Waals surface area contributed by atoms with Crippen LogP contribution in [0, 0.1) is 5.92 Å². The number of pyridine rings is 1. The minimum absolute atomic E-state index is 0.111. The third-order valence-corrected chi connectivity index (χ3v) is 8.72. The summed E-state index contributed by atoms with van der Waals surface area (Å²) in [6.45, 7) is 6.71. The number of nitrogens with two attached hydrogens (primary N) is 1. The number of carbonyl (C=O) groups excluding carboxylic acids is 4. The molecule has 0 radical (unpaired) electrons. The highest BCUT2D eigenvalue weighted by Gasteiger charge is 2.44. The normalized spacial score (nSPS) is 22.6. The summed E-state index contributed by atoms with van der Waals surface area (Å²) in [4.78, 5) is 62.6. The van der Waals surface area contributed by atoms with Crippen molar-refractivity contribution in [3.05, 3.63) is 47.7 Å². The Morgan fingerprint density at radius 1 is 0.850 bits per heavy atom. The molecule has 1 atom stereocenters. The summed E-state index contributed by atoms with van der Waals surface area (Å²) in [7, 11) is 0. The number of hydrogen-bond donors (Lipinski definition) is 2. The number of imide groups is 2. The number of nitrogen functional groups attached to an aromatic ring is 1. The number of fused-ring (bicyclic) bond motifs is 1. The van der Waals surface area contributed by atoms with Gasteiger partial charge in [0.1, 0.15) is 11.9 Å². The number of piperazine rings is 1. The molecule has 4 amide bonds. The van der Waals surface area contributed by atoms with Crippen molar-refractivity contribution in [2.24, 2.45) is 5.92 Å². The molecule has 3 saturated heterocycles. The molecule has 11 heteroatoms. The van der Waals surface area contributed by atoms with E-state index >= 15 is 0 Å². The molecule has 1 unspecified atom stereocenters. The van der Waals surface area contributed by atoms with Crippen LogP contribution in [0.3, 0.4) is 0 Å². The third kappa shape index (κ3) is 5.13. The highest BCUT2D eigenvalue weighted by atomic mass is 16.2. The van der Waals surface area contributed by atoms with Gasteiger partial charge in [-0.05, 0) is 68.5 Å². The average Bonchev–Trinajstić information content (AvgIpc) is 3.22. The highest BCUT2D eigenvalue weighted by Crippen LogP contribution is 2.31. The minimum Gasteiger partial charge on any atom is -0.397 e. The molecule has 40 heavy (non-hydrogen) atoms. The summed E-state index contributed by atoms with van der Waals surface area (Å²) in [5.74, 6) is -0.182. The Morgan fingerprint density at radius 3 is 2.30 bits per heavy atom. The second-order valence-electron chi connectivity index (χ2n) is 11.2. The summed E-state index contributed by atoms with van der Waals surface area (Å²) in [5.41, 5.74) is 8.01. The van der Waals surface area contributed by atoms with E-state index in [0.29, 0.717) is 16.8 Å². The van der Waals surface area contributed by atoms with Gasteiger partial charge in [-0.2, -0.15) is 0 Å². The van der Waals surface area contributed by atoms with Gasteiger partial charge in [-0.25, -0.2) is 4.98 Å². The Morgan fingerprint density at radius 2 is 1.60 bits per heavy atom. The monoisotopic (exact) mass is 545 g/mol. The maximum atomic E-state index is 13.2. The SMILES string of the molecule is Nc1ccc(N2CCC(CCN3CCN(c4ccc5c(c4)C(=O)N(C4CCC(=O)NC4=O)C5=O)CC3)CC2)nc1. The topological polar surface area (TPSA) is 132 Å². The molecule has 3 N–H and O–H groups in total. The van der Waals surface area contributed by atoms with E-state index in [2.05, 4.69) is 25.0 Å². The summed E-state index contributed by atoms with van der Waals surface area (Å²) < 4.78 is 0. The number of rotatable bonds is 6. The Kier molecular flexibility index (Phi) is 7.14. The molecule has 4 aliphatic rings. The van der Waals surface area contributed by atoms with Crippen molar-refractivity contribution in [3.63, 3.8) is 0 Å². The lowest BCUT2D eigenvalue weighted by atomic mass is 9.93. The van der Waals surface area contributed by atoms with Gasteiger partial charge in [-0.15, -0.1) is 0 Å². The number of benzene rings is 1. The number of amides is 4. The molecule has 11 nitrogen and oxygen atoms in total. The van der Waals surface area contributed by atoms with Crippen LogP contribution >= 0.6 is 0 Å². The van der Waals surface area contributed by atoms with Crippen molar-refractivity contribution < 1.29 is 19.2 Å². The highest BCUT2D eigenvalue weighted by molar-refractivity contribution is 6.23. The second-order valence-corrected chi connectivity index (χ2v) is 11.2. The first kappa shape index (κ1) is 26.2. The molecule has 3 fully saturated rings. The number of anilines is 3. The first-order valence-corrected chi connectivity index (χ1v) is 14.2. The maximum Gasteiger partial charge on any atom is 0.262 e. The van der Waals surface area contributed by atoms with Crippen molar-refractivity contribution in [1.82, 2.24) is 20.1 Å². The van der Waals surface area contributed by atoms with Crippen LogP contribution < -0.4 is 20.9 Å². The van der Waals surface area contributed by atoms with Gasteiger partial charge in [0.15, 0.2) is 0 Å². The van der Waals surface area contributed by atoms with Gasteiger partial charge in [-0.1, -0.05) is 0 Å². The zero-order valence-electron chi connectivity index (χ0n) is 22.6. The lowest BCUT2D eigenvalue weighted by molar-refractivity contribution is -0.136. The maximum absolute atomic E-state index is 13.2. The van der Waals surface area contributed by atoms with E-state index < -0.39 is 23.8 Å². The van der Waals surface area contributed by atoms with Crippen LogP contribution in [0.4, 0.5) is 17.2 Å². The number of carbonyl (C=O) groups is 4. The van der Waals surface area contributed by atoms with Crippen molar-refractivity contribution in [1.29, 1.82) is 0 Å². The van der Waals surface area contributed by atoms with Crippen molar-refractivity contribution >= 4 is 40.8 Å². The van der Waals surface area contributed by atoms with E-state index in [0.717, 1.165) is 68.1 Å². The first-order chi connectivity index (χ1) is 19.4. The molecule has 0 bridgehead atoms. The van der Waals surface area contributed by atoms with Crippen LogP contribution in [0.1, 0.15) is 52.8 Å². The van der Waals surface area contributed by atoms with Crippen molar-refractivity contribution in [2.75, 3.05) is 61.3 Å². The smallest absolute Gasteiger partial charge is 0.262 e. The Balaban J connectivity index is 0.991. The molecule has 1 aromatic carbocycles. The first-order valence-electron chi connectivity index (χ1n) is 14.2. The summed E-state index contributed by atoms with van der Waals surface area (Å²) in [5, 5.41) is 2.24. The second kappa shape index (κ2) is 10.9. The van der Waals surface area contributed by atoms with E-state index in [1.54, 1.807) is 18.3 Å². The fourth-order valence-electron chi connectivity index (χ4n) is 6.29. The Labute approximate surface area is 233 Å². The average molecular weight is 546 g/mol. The summed E-state index contributed by atoms with van der Waals surface area (Å²) in [6, 6.07) is 8.31. The summed E-state index contributed by atoms with van der Waals surface area (Å²) >= 11 is 0. The number of aromatic nitrogens is 1. The van der Waals surface area contributed by atoms with Crippen LogP contribution in [0.25, 0.3) is 0 Å². The molecule has 1 aromatic heterocycles. The minimum atomic E-state index is -0.946. The zero-order valence-corrected chi connectivity index (χ0v) is 22.6. The molecule has 0 spiro atoms. The lowest BCUT2D eigenvalue weighted by Crippen LogP contribution is -2.54. The molecular weight excluding hydrogens is 510 g/mol. The van der Waals surface area contributed by atoms with Crippen LogP contribution in [-0.4, -0.2) is 90.3 Å². The number of nitrogens with zero attached hydrogens (tertiary/aromatic N) is 5. The van der Waals surface area contributed by atoms with Gasteiger partial charge < -0.3 is 15.5 Å². The predicted octanol–water partition coefficient (Wildman–Crippen LogP) is 1.49. The Bertz CT molecular complexity index is 1310. The molecule has 4 aliphatic heterocycles. The molecule has 0 aliphatic carbocycles. The van der Waals surface area contributed by atoms with Gasteiger partial charge in [0.25, 0.3) is 11.8 Å². The standard InChI is InChI=1S/C29H35N7O4/c30-20-1-5-25(31-18-20)35-11-8-19(9-12-35)7-10-33-13-15-34(16-14-33)21-2-3-22-23(17-21)29(40)36(28(22)39)24-4-6-26(37)32-27(24)38/h1-3,5,17-19,24H,4,6-16,30H2,(H,32,37,38). The van der Waals surface area contributed by atoms with Gasteiger partial charge in [0.05, 0.1) is 23.0 Å². The van der Waals surface area contributed by atoms with E-state index in [1.807, 2.05) is 18.2 Å². The van der Waals surface area contributed by atoms with Crippen LogP contribution in [0.5, 0.6) is 0 Å². The van der Waals surface area contributed by atoms with E-state index in [9.17, 15) is 19.2 Å². The Hall–Kier alpha value is -3.99. The number of nitrogens with one attached hydrogen (secondary N) is 1. The molecule has 0 saturated carbocycles. The largest absolute Gasteiger partial charge is 0.397 e. The fourth-order valence-corrected chi connectivity index (χ4v) is 6.29. The van der Waals surface area contributed by atoms with Gasteiger partial charge in [0.2, 0.25) is 11.8 Å². The molecule has 210 valence electrons. The third-order valence-electron chi connectivity index (χ3n) is 8.72. The fraction of sp³-hybridized carbons (Fsp3) is 0.483. The van der Waals surface area contributed by atoms with Gasteiger partial charge in [-0.3, -0.25) is 34.3 Å². The molecule has 5 heterocycles. The van der Waals surface area contributed by atoms with Crippen LogP contribution in [0.2, 0.25) is 0 Å². The molecule has 6 rings (SSSR count). The summed E-state index contributed by atoms with van der Waals surface area (Å²) in [6.07, 6.45) is 5.52. The number of piperidine rings is 2. The van der Waals surface area contributed by atoms with Crippen LogP contribution in [0.15, 0.2) is 36.5 Å². The van der Waals surface area contributed by atoms with E-state index in [1.165, 1.54) is 19.3 Å². The quantitative estimate of drug-likeness (QED) is 0.518. The zero-order chi connectivity index (χ0) is 27.8. The lowest BCUT2D eigenvalue weighted by Gasteiger charge is -2.38. The molecule has 2 aromatic rings. The number of hydrogen-bond acceptors (Lipinski definition) is 9. The van der Waals surface area contributed by atoms with Crippen molar-refractivity contribution in [2.45, 2.75) is 38.1 Å². The predicted molar refractivity (Wildman–Crippen MR) is 150 cm³/mol. The van der Waals surface area contributed by atoms with Gasteiger partial charge >= 0.3 is 0 Å². The van der Waals surface area contributed by atoms with E-state index in [-0.39, 0.29) is 18.7 Å². The molecular formula is C29H35N7O4. The van der Waals surface area contributed by atoms with E-state index in [4.69, 9.17) is 5.73 Å². The van der Waals surface area contributed by atoms with Gasteiger partial charge in [0, 0.05) is 51.4 Å². The van der Waals surface area contributed by atoms with Crippen LogP contribution in [-0.2, 0) is 9.59 Å². The van der Waals surface area contributed by atoms with Crippen molar-refractivity contribution in [3.8, 4) is 0 Å².